The van der Waals surface area contributed by atoms with Crippen LogP contribution in [0.1, 0.15) is 23.5 Å². The summed E-state index contributed by atoms with van der Waals surface area (Å²) in [6.45, 7) is 2.66. The van der Waals surface area contributed by atoms with Gasteiger partial charge in [-0.1, -0.05) is 24.3 Å². The summed E-state index contributed by atoms with van der Waals surface area (Å²) in [7, 11) is 0. The highest BCUT2D eigenvalue weighted by Crippen LogP contribution is 2.26. The van der Waals surface area contributed by atoms with Crippen LogP contribution in [0.15, 0.2) is 48.5 Å². The van der Waals surface area contributed by atoms with Crippen LogP contribution in [0.25, 0.3) is 10.2 Å². The Kier molecular flexibility index (Phi) is 4.18. The number of aromatic nitrogens is 1. The minimum absolute atomic E-state index is 0.0405. The van der Waals surface area contributed by atoms with E-state index in [1.165, 1.54) is 4.70 Å². The average molecular weight is 298 g/mol. The van der Waals surface area contributed by atoms with Crippen LogP contribution in [-0.2, 0) is 6.42 Å². The number of ether oxygens (including phenoxy) is 1. The molecule has 0 fully saturated rings. The fourth-order valence-corrected chi connectivity index (χ4v) is 3.32. The van der Waals surface area contributed by atoms with Gasteiger partial charge in [0.2, 0.25) is 0 Å². The van der Waals surface area contributed by atoms with Crippen LogP contribution in [-0.4, -0.2) is 11.6 Å². The third-order valence-electron chi connectivity index (χ3n) is 3.35. The van der Waals surface area contributed by atoms with Crippen molar-refractivity contribution in [1.82, 2.24) is 4.98 Å². The molecule has 3 rings (SSSR count). The number of nitrogens with two attached hydrogens (primary N) is 1. The second-order valence-electron chi connectivity index (χ2n) is 4.89. The van der Waals surface area contributed by atoms with Gasteiger partial charge in [0.1, 0.15) is 5.75 Å². The highest BCUT2D eigenvalue weighted by atomic mass is 32.1. The first-order valence-corrected chi connectivity index (χ1v) is 7.90. The number of fused-ring (bicyclic) bond motifs is 1. The molecule has 0 saturated carbocycles. The largest absolute Gasteiger partial charge is 0.494 e. The molecule has 0 saturated heterocycles. The molecule has 3 nitrogen and oxygen atoms in total. The fraction of sp³-hybridized carbons (Fsp3) is 0.235. The molecule has 1 unspecified atom stereocenters. The van der Waals surface area contributed by atoms with Crippen molar-refractivity contribution < 1.29 is 4.74 Å². The number of rotatable bonds is 5. The van der Waals surface area contributed by atoms with Crippen LogP contribution in [0.2, 0.25) is 0 Å². The van der Waals surface area contributed by atoms with Gasteiger partial charge in [-0.25, -0.2) is 4.98 Å². The van der Waals surface area contributed by atoms with E-state index < -0.39 is 0 Å². The van der Waals surface area contributed by atoms with E-state index >= 15 is 0 Å². The lowest BCUT2D eigenvalue weighted by atomic mass is 10.1. The van der Waals surface area contributed by atoms with Crippen molar-refractivity contribution in [2.75, 3.05) is 6.61 Å². The zero-order chi connectivity index (χ0) is 14.7. The number of thiazole rings is 1. The second kappa shape index (κ2) is 6.24. The Morgan fingerprint density at radius 2 is 1.90 bits per heavy atom. The molecule has 2 N–H and O–H groups in total. The Labute approximate surface area is 128 Å². The van der Waals surface area contributed by atoms with Gasteiger partial charge >= 0.3 is 0 Å². The highest BCUT2D eigenvalue weighted by Gasteiger charge is 2.11. The molecule has 21 heavy (non-hydrogen) atoms. The van der Waals surface area contributed by atoms with Gasteiger partial charge in [0.15, 0.2) is 0 Å². The summed E-state index contributed by atoms with van der Waals surface area (Å²) in [4.78, 5) is 4.64. The van der Waals surface area contributed by atoms with Crippen LogP contribution in [0.3, 0.4) is 0 Å². The van der Waals surface area contributed by atoms with Gasteiger partial charge in [-0.3, -0.25) is 0 Å². The minimum Gasteiger partial charge on any atom is -0.494 e. The van der Waals surface area contributed by atoms with Crippen molar-refractivity contribution in [3.63, 3.8) is 0 Å². The molecule has 0 aliphatic carbocycles. The molecule has 0 radical (unpaired) electrons. The monoisotopic (exact) mass is 298 g/mol. The first kappa shape index (κ1) is 14.0. The zero-order valence-electron chi connectivity index (χ0n) is 12.0. The van der Waals surface area contributed by atoms with Crippen LogP contribution in [0.5, 0.6) is 5.75 Å². The zero-order valence-corrected chi connectivity index (χ0v) is 12.8. The van der Waals surface area contributed by atoms with Crippen molar-refractivity contribution >= 4 is 21.6 Å². The van der Waals surface area contributed by atoms with Crippen molar-refractivity contribution in [1.29, 1.82) is 0 Å². The molecule has 0 spiro atoms. The first-order valence-electron chi connectivity index (χ1n) is 7.09. The van der Waals surface area contributed by atoms with Gasteiger partial charge in [0, 0.05) is 12.5 Å². The van der Waals surface area contributed by atoms with Gasteiger partial charge in [0.05, 0.1) is 21.8 Å². The predicted molar refractivity (Wildman–Crippen MR) is 87.9 cm³/mol. The number of para-hydroxylation sites is 1. The summed E-state index contributed by atoms with van der Waals surface area (Å²) in [6, 6.07) is 16.1. The summed E-state index contributed by atoms with van der Waals surface area (Å²) < 4.78 is 6.66. The summed E-state index contributed by atoms with van der Waals surface area (Å²) in [6.07, 6.45) is 0.757. The van der Waals surface area contributed by atoms with Gasteiger partial charge in [-0.2, -0.15) is 0 Å². The number of hydrogen-bond donors (Lipinski definition) is 1. The average Bonchev–Trinajstić information content (AvgIpc) is 2.90. The fourth-order valence-electron chi connectivity index (χ4n) is 2.29. The predicted octanol–water partition coefficient (Wildman–Crippen LogP) is 3.94. The van der Waals surface area contributed by atoms with Gasteiger partial charge in [0.25, 0.3) is 0 Å². The summed E-state index contributed by atoms with van der Waals surface area (Å²) in [5.74, 6) is 0.883. The summed E-state index contributed by atoms with van der Waals surface area (Å²) in [5.41, 5.74) is 8.46. The van der Waals surface area contributed by atoms with E-state index in [1.807, 2.05) is 49.4 Å². The molecule has 1 heterocycles. The molecular formula is C17H18N2OS. The molecular weight excluding hydrogens is 280 g/mol. The standard InChI is InChI=1S/C17H18N2OS/c1-2-20-13-9-7-12(8-10-13)14(18)11-17-19-15-5-3-4-6-16(15)21-17/h3-10,14H,2,11,18H2,1H3. The lowest BCUT2D eigenvalue weighted by molar-refractivity contribution is 0.340. The van der Waals surface area contributed by atoms with Gasteiger partial charge in [-0.15, -0.1) is 11.3 Å². The van der Waals surface area contributed by atoms with E-state index in [-0.39, 0.29) is 6.04 Å². The van der Waals surface area contributed by atoms with E-state index in [2.05, 4.69) is 11.1 Å². The third kappa shape index (κ3) is 3.23. The smallest absolute Gasteiger partial charge is 0.119 e. The summed E-state index contributed by atoms with van der Waals surface area (Å²) >= 11 is 1.72. The Morgan fingerprint density at radius 3 is 2.62 bits per heavy atom. The van der Waals surface area contributed by atoms with Crippen molar-refractivity contribution in [3.8, 4) is 5.75 Å². The Balaban J connectivity index is 1.74. The molecule has 0 aliphatic heterocycles. The van der Waals surface area contributed by atoms with Crippen molar-refractivity contribution in [3.05, 3.63) is 59.1 Å². The topological polar surface area (TPSA) is 48.1 Å². The normalized spacial score (nSPS) is 12.5. The highest BCUT2D eigenvalue weighted by molar-refractivity contribution is 7.18. The molecule has 0 aliphatic rings. The molecule has 4 heteroatoms. The van der Waals surface area contributed by atoms with Crippen LogP contribution >= 0.6 is 11.3 Å². The van der Waals surface area contributed by atoms with Crippen LogP contribution in [0.4, 0.5) is 0 Å². The van der Waals surface area contributed by atoms with Crippen molar-refractivity contribution in [2.24, 2.45) is 5.73 Å². The molecule has 0 amide bonds. The number of hydrogen-bond acceptors (Lipinski definition) is 4. The maximum absolute atomic E-state index is 6.30. The second-order valence-corrected chi connectivity index (χ2v) is 6.00. The third-order valence-corrected chi connectivity index (χ3v) is 4.41. The van der Waals surface area contributed by atoms with E-state index in [9.17, 15) is 0 Å². The van der Waals surface area contributed by atoms with Crippen molar-refractivity contribution in [2.45, 2.75) is 19.4 Å². The van der Waals surface area contributed by atoms with E-state index in [0.717, 1.165) is 28.3 Å². The molecule has 108 valence electrons. The van der Waals surface area contributed by atoms with Gasteiger partial charge in [-0.05, 0) is 36.8 Å². The van der Waals surface area contributed by atoms with E-state index in [0.29, 0.717) is 6.61 Å². The molecule has 0 bridgehead atoms. The van der Waals surface area contributed by atoms with Crippen LogP contribution in [0, 0.1) is 0 Å². The SMILES string of the molecule is CCOc1ccc(C(N)Cc2nc3ccccc3s2)cc1. The Bertz CT molecular complexity index is 688. The molecule has 2 aromatic carbocycles. The van der Waals surface area contributed by atoms with E-state index in [4.69, 9.17) is 10.5 Å². The Morgan fingerprint density at radius 1 is 1.14 bits per heavy atom. The van der Waals surface area contributed by atoms with Crippen LogP contribution < -0.4 is 10.5 Å². The summed E-state index contributed by atoms with van der Waals surface area (Å²) in [5, 5.41) is 1.08. The maximum Gasteiger partial charge on any atom is 0.119 e. The Hall–Kier alpha value is -1.91. The van der Waals surface area contributed by atoms with E-state index in [1.54, 1.807) is 11.3 Å². The first-order chi connectivity index (χ1) is 10.3. The molecule has 1 aromatic heterocycles. The minimum atomic E-state index is -0.0405. The quantitative estimate of drug-likeness (QED) is 0.776. The molecule has 1 atom stereocenters. The number of benzene rings is 2. The van der Waals surface area contributed by atoms with Gasteiger partial charge < -0.3 is 10.5 Å². The maximum atomic E-state index is 6.30. The lowest BCUT2D eigenvalue weighted by Crippen LogP contribution is -2.13. The lowest BCUT2D eigenvalue weighted by Gasteiger charge is -2.11. The molecule has 3 aromatic rings. The number of nitrogens with zero attached hydrogens (tertiary/aromatic N) is 1.